The summed E-state index contributed by atoms with van der Waals surface area (Å²) in [4.78, 5) is 26.2. The van der Waals surface area contributed by atoms with Gasteiger partial charge >= 0.3 is 12.0 Å². The van der Waals surface area contributed by atoms with Crippen LogP contribution in [0.25, 0.3) is 0 Å². The number of hydrogen-bond donors (Lipinski definition) is 1. The molecule has 20 heavy (non-hydrogen) atoms. The van der Waals surface area contributed by atoms with E-state index < -0.39 is 5.97 Å². The number of hydrogen-bond acceptors (Lipinski definition) is 2. The highest BCUT2D eigenvalue weighted by Gasteiger charge is 2.28. The molecule has 1 aliphatic rings. The number of carbonyl (C=O) groups excluding carboxylic acids is 1. The Balaban J connectivity index is 2.59. The Morgan fingerprint density at radius 1 is 1.30 bits per heavy atom. The first-order valence-corrected chi connectivity index (χ1v) is 7.34. The molecule has 0 heterocycles. The molecule has 0 radical (unpaired) electrons. The first kappa shape index (κ1) is 16.5. The molecule has 0 aliphatic heterocycles. The maximum atomic E-state index is 12.4. The van der Waals surface area contributed by atoms with Crippen LogP contribution in [0.5, 0.6) is 0 Å². The van der Waals surface area contributed by atoms with Crippen LogP contribution in [-0.2, 0) is 4.79 Å². The van der Waals surface area contributed by atoms with Gasteiger partial charge in [-0.05, 0) is 31.6 Å². The van der Waals surface area contributed by atoms with Gasteiger partial charge < -0.3 is 14.9 Å². The van der Waals surface area contributed by atoms with E-state index in [0.717, 1.165) is 31.6 Å². The van der Waals surface area contributed by atoms with E-state index in [2.05, 4.69) is 13.5 Å². The lowest BCUT2D eigenvalue weighted by Crippen LogP contribution is -2.48. The third-order valence-corrected chi connectivity index (χ3v) is 4.19. The second-order valence-electron chi connectivity index (χ2n) is 5.54. The number of urea groups is 1. The molecule has 0 spiro atoms. The van der Waals surface area contributed by atoms with Crippen LogP contribution in [0, 0.1) is 5.92 Å². The molecule has 5 heteroatoms. The second kappa shape index (κ2) is 7.92. The first-order valence-electron chi connectivity index (χ1n) is 7.34. The summed E-state index contributed by atoms with van der Waals surface area (Å²) in [5.41, 5.74) is 0. The zero-order chi connectivity index (χ0) is 15.1. The quantitative estimate of drug-likeness (QED) is 0.762. The van der Waals surface area contributed by atoms with E-state index in [4.69, 9.17) is 5.11 Å². The molecule has 1 N–H and O–H groups in total. The lowest BCUT2D eigenvalue weighted by molar-refractivity contribution is -0.137. The molecule has 1 rings (SSSR count). The summed E-state index contributed by atoms with van der Waals surface area (Å²) in [6, 6.07) is 0.0126. The molecule has 0 saturated heterocycles. The van der Waals surface area contributed by atoms with Gasteiger partial charge in [-0.25, -0.2) is 4.79 Å². The van der Waals surface area contributed by atoms with Crippen LogP contribution in [0.2, 0.25) is 0 Å². The predicted octanol–water partition coefficient (Wildman–Crippen LogP) is 2.58. The molecule has 0 atom stereocenters. The monoisotopic (exact) mass is 282 g/mol. The van der Waals surface area contributed by atoms with Gasteiger partial charge in [0.05, 0.1) is 0 Å². The van der Waals surface area contributed by atoms with Gasteiger partial charge in [0.2, 0.25) is 0 Å². The van der Waals surface area contributed by atoms with Crippen molar-refractivity contribution in [2.45, 2.75) is 45.1 Å². The largest absolute Gasteiger partial charge is 0.480 e. The first-order chi connectivity index (χ1) is 9.49. The summed E-state index contributed by atoms with van der Waals surface area (Å²) < 4.78 is 0. The fourth-order valence-electron chi connectivity index (χ4n) is 2.85. The maximum Gasteiger partial charge on any atom is 0.323 e. The molecule has 0 aromatic carbocycles. The zero-order valence-corrected chi connectivity index (χ0v) is 12.5. The Labute approximate surface area is 121 Å². The van der Waals surface area contributed by atoms with Crippen molar-refractivity contribution < 1.29 is 14.7 Å². The van der Waals surface area contributed by atoms with Gasteiger partial charge in [0.1, 0.15) is 6.54 Å². The number of aliphatic carboxylic acids is 1. The Morgan fingerprint density at radius 3 is 2.35 bits per heavy atom. The third kappa shape index (κ3) is 4.54. The van der Waals surface area contributed by atoms with Gasteiger partial charge in [0.25, 0.3) is 0 Å². The Morgan fingerprint density at radius 2 is 1.90 bits per heavy atom. The highest BCUT2D eigenvalue weighted by Crippen LogP contribution is 2.29. The van der Waals surface area contributed by atoms with Crippen LogP contribution < -0.4 is 0 Å². The summed E-state index contributed by atoms with van der Waals surface area (Å²) in [7, 11) is 1.78. The smallest absolute Gasteiger partial charge is 0.323 e. The molecular weight excluding hydrogens is 256 g/mol. The fourth-order valence-corrected chi connectivity index (χ4v) is 2.85. The highest BCUT2D eigenvalue weighted by molar-refractivity contribution is 5.80. The lowest BCUT2D eigenvalue weighted by Gasteiger charge is -2.36. The summed E-state index contributed by atoms with van der Waals surface area (Å²) in [5.74, 6) is -0.221. The molecule has 0 unspecified atom stereocenters. The van der Waals surface area contributed by atoms with E-state index >= 15 is 0 Å². The average molecular weight is 282 g/mol. The van der Waals surface area contributed by atoms with E-state index in [1.54, 1.807) is 18.0 Å². The van der Waals surface area contributed by atoms with Crippen molar-refractivity contribution in [1.29, 1.82) is 0 Å². The molecule has 0 bridgehead atoms. The van der Waals surface area contributed by atoms with Gasteiger partial charge in [0, 0.05) is 19.6 Å². The van der Waals surface area contributed by atoms with Crippen molar-refractivity contribution in [3.8, 4) is 0 Å². The molecule has 0 aromatic heterocycles. The van der Waals surface area contributed by atoms with Gasteiger partial charge in [-0.15, -0.1) is 6.58 Å². The van der Waals surface area contributed by atoms with E-state index in [9.17, 15) is 9.59 Å². The van der Waals surface area contributed by atoms with E-state index in [-0.39, 0.29) is 25.2 Å². The molecule has 5 nitrogen and oxygen atoms in total. The molecule has 0 aromatic rings. The fraction of sp³-hybridized carbons (Fsp3) is 0.733. The van der Waals surface area contributed by atoms with Crippen molar-refractivity contribution in [2.24, 2.45) is 5.92 Å². The Hall–Kier alpha value is -1.52. The number of rotatable bonds is 6. The zero-order valence-electron chi connectivity index (χ0n) is 12.5. The van der Waals surface area contributed by atoms with Crippen molar-refractivity contribution >= 4 is 12.0 Å². The van der Waals surface area contributed by atoms with E-state index in [1.807, 2.05) is 0 Å². The number of carbonyl (C=O) groups is 2. The topological polar surface area (TPSA) is 60.9 Å². The molecule has 2 amide bonds. The van der Waals surface area contributed by atoms with Crippen LogP contribution >= 0.6 is 0 Å². The van der Waals surface area contributed by atoms with Crippen LogP contribution in [-0.4, -0.2) is 53.1 Å². The number of amides is 2. The highest BCUT2D eigenvalue weighted by atomic mass is 16.4. The van der Waals surface area contributed by atoms with Gasteiger partial charge in [-0.2, -0.15) is 0 Å². The Kier molecular flexibility index (Phi) is 6.55. The number of carboxylic acids is 1. The van der Waals surface area contributed by atoms with Crippen molar-refractivity contribution in [3.05, 3.63) is 12.7 Å². The number of nitrogens with zero attached hydrogens (tertiary/aromatic N) is 2. The molecular formula is C15H26N2O3. The molecule has 1 aliphatic carbocycles. The van der Waals surface area contributed by atoms with Crippen molar-refractivity contribution in [2.75, 3.05) is 20.1 Å². The Bertz CT molecular complexity index is 349. The van der Waals surface area contributed by atoms with Crippen LogP contribution in [0.15, 0.2) is 12.7 Å². The van der Waals surface area contributed by atoms with Gasteiger partial charge in [-0.1, -0.05) is 19.4 Å². The molecule has 1 saturated carbocycles. The van der Waals surface area contributed by atoms with E-state index in [1.165, 1.54) is 11.3 Å². The summed E-state index contributed by atoms with van der Waals surface area (Å²) >= 11 is 0. The van der Waals surface area contributed by atoms with Crippen LogP contribution in [0.3, 0.4) is 0 Å². The van der Waals surface area contributed by atoms with Gasteiger partial charge in [0.15, 0.2) is 0 Å². The minimum atomic E-state index is -0.997. The SMILES string of the molecule is C=CCN(CC(=O)O)C(=O)N(C)C1CCC(CC)CC1. The molecule has 1 fully saturated rings. The predicted molar refractivity (Wildman–Crippen MR) is 78.6 cm³/mol. The van der Waals surface area contributed by atoms with Crippen LogP contribution in [0.1, 0.15) is 39.0 Å². The van der Waals surface area contributed by atoms with Gasteiger partial charge in [-0.3, -0.25) is 4.79 Å². The normalized spacial score (nSPS) is 22.1. The third-order valence-electron chi connectivity index (χ3n) is 4.19. The second-order valence-corrected chi connectivity index (χ2v) is 5.54. The average Bonchev–Trinajstić information content (AvgIpc) is 2.45. The minimum Gasteiger partial charge on any atom is -0.480 e. The minimum absolute atomic E-state index is 0.216. The standard InChI is InChI=1S/C15H26N2O3/c1-4-10-17(11-14(18)19)15(20)16(3)13-8-6-12(5-2)7-9-13/h4,12-13H,1,5-11H2,2-3H3,(H,18,19). The van der Waals surface area contributed by atoms with Crippen molar-refractivity contribution in [1.82, 2.24) is 9.80 Å². The summed E-state index contributed by atoms with van der Waals surface area (Å²) in [6.07, 6.45) is 7.08. The maximum absolute atomic E-state index is 12.4. The van der Waals surface area contributed by atoms with Crippen LogP contribution in [0.4, 0.5) is 4.79 Å². The summed E-state index contributed by atoms with van der Waals surface area (Å²) in [6.45, 7) is 5.77. The van der Waals surface area contributed by atoms with E-state index in [0.29, 0.717) is 0 Å². The summed E-state index contributed by atoms with van der Waals surface area (Å²) in [5, 5.41) is 8.87. The number of carboxylic acid groups (broad SMARTS) is 1. The lowest BCUT2D eigenvalue weighted by atomic mass is 9.84. The molecule has 114 valence electrons. The van der Waals surface area contributed by atoms with Crippen molar-refractivity contribution in [3.63, 3.8) is 0 Å².